The van der Waals surface area contributed by atoms with Crippen LogP contribution in [0.1, 0.15) is 52.6 Å². The lowest BCUT2D eigenvalue weighted by Crippen LogP contribution is -2.51. The molecule has 3 aromatic rings. The molecule has 0 aliphatic carbocycles. The molecule has 2 heterocycles. The first-order chi connectivity index (χ1) is 20.5. The molecule has 0 amide bonds. The Labute approximate surface area is 257 Å². The summed E-state index contributed by atoms with van der Waals surface area (Å²) in [6.45, 7) is 8.85. The molecule has 0 spiro atoms. The highest BCUT2D eigenvalue weighted by molar-refractivity contribution is 6.32. The number of carboxylic acids is 1. The lowest BCUT2D eigenvalue weighted by atomic mass is 9.91. The minimum absolute atomic E-state index is 0.0460. The quantitative estimate of drug-likeness (QED) is 0.240. The highest BCUT2D eigenvalue weighted by Crippen LogP contribution is 2.34. The highest BCUT2D eigenvalue weighted by Gasteiger charge is 2.37. The summed E-state index contributed by atoms with van der Waals surface area (Å²) >= 11 is 6.62. The van der Waals surface area contributed by atoms with Gasteiger partial charge in [0.25, 0.3) is 5.92 Å². The molecule has 0 saturated carbocycles. The third-order valence-electron chi connectivity index (χ3n) is 8.83. The van der Waals surface area contributed by atoms with Gasteiger partial charge >= 0.3 is 5.97 Å². The van der Waals surface area contributed by atoms with Crippen LogP contribution in [-0.2, 0) is 17.9 Å². The number of carboxylic acid groups (broad SMARTS) is 1. The molecule has 2 saturated heterocycles. The number of hydrogen-bond acceptors (Lipinski definition) is 4. The van der Waals surface area contributed by atoms with Gasteiger partial charge in [0, 0.05) is 32.6 Å². The maximum atomic E-state index is 13.5. The van der Waals surface area contributed by atoms with Gasteiger partial charge in [-0.3, -0.25) is 14.6 Å². The van der Waals surface area contributed by atoms with Crippen molar-refractivity contribution in [3.8, 4) is 16.9 Å². The van der Waals surface area contributed by atoms with E-state index in [-0.39, 0.29) is 13.0 Å². The number of likely N-dealkylation sites (tertiary alicyclic amines) is 2. The van der Waals surface area contributed by atoms with Crippen molar-refractivity contribution >= 4 is 23.6 Å². The topological polar surface area (TPSA) is 53.0 Å². The molecule has 2 aliphatic rings. The SMILES string of the molecule is Cc1cc(OCc2cccc(-c3cccc(/C=C/CCN4CCC(F)(F)C4)c3C)c2C)c(Cl)cc1CN1CC[C@H]1C(=O)O. The van der Waals surface area contributed by atoms with Crippen LogP contribution in [0.5, 0.6) is 5.75 Å². The molecule has 5 rings (SSSR count). The molecule has 0 aromatic heterocycles. The number of hydrogen-bond donors (Lipinski definition) is 1. The Balaban J connectivity index is 1.25. The summed E-state index contributed by atoms with van der Waals surface area (Å²) in [5.41, 5.74) is 8.75. The molecule has 0 bridgehead atoms. The van der Waals surface area contributed by atoms with E-state index in [1.54, 1.807) is 0 Å². The zero-order valence-electron chi connectivity index (χ0n) is 25.0. The van der Waals surface area contributed by atoms with Crippen molar-refractivity contribution in [2.45, 2.75) is 65.1 Å². The smallest absolute Gasteiger partial charge is 0.320 e. The van der Waals surface area contributed by atoms with E-state index in [2.05, 4.69) is 56.3 Å². The molecular formula is C35H39ClF2N2O3. The summed E-state index contributed by atoms with van der Waals surface area (Å²) in [5.74, 6) is -2.73. The predicted octanol–water partition coefficient (Wildman–Crippen LogP) is 7.91. The van der Waals surface area contributed by atoms with Gasteiger partial charge in [-0.15, -0.1) is 0 Å². The summed E-state index contributed by atoms with van der Waals surface area (Å²) in [4.78, 5) is 15.2. The number of ether oxygens (including phenoxy) is 1. The second-order valence-electron chi connectivity index (χ2n) is 11.8. The lowest BCUT2D eigenvalue weighted by molar-refractivity contribution is -0.148. The molecular weight excluding hydrogens is 570 g/mol. The van der Waals surface area contributed by atoms with Crippen LogP contribution >= 0.6 is 11.6 Å². The van der Waals surface area contributed by atoms with Crippen molar-refractivity contribution < 1.29 is 23.4 Å². The zero-order valence-corrected chi connectivity index (χ0v) is 25.8. The van der Waals surface area contributed by atoms with E-state index in [0.29, 0.717) is 43.4 Å². The summed E-state index contributed by atoms with van der Waals surface area (Å²) in [6.07, 6.45) is 5.52. The fourth-order valence-electron chi connectivity index (χ4n) is 5.98. The number of halogens is 3. The predicted molar refractivity (Wildman–Crippen MR) is 168 cm³/mol. The van der Waals surface area contributed by atoms with E-state index in [1.165, 1.54) is 0 Å². The zero-order chi connectivity index (χ0) is 30.7. The molecule has 8 heteroatoms. The van der Waals surface area contributed by atoms with Gasteiger partial charge in [0.1, 0.15) is 18.4 Å². The van der Waals surface area contributed by atoms with Crippen LogP contribution in [0.15, 0.2) is 54.6 Å². The number of carbonyl (C=O) groups is 1. The van der Waals surface area contributed by atoms with E-state index >= 15 is 0 Å². The van der Waals surface area contributed by atoms with Crippen LogP contribution in [0.25, 0.3) is 17.2 Å². The molecule has 0 unspecified atom stereocenters. The number of nitrogens with zero attached hydrogens (tertiary/aromatic N) is 2. The Hall–Kier alpha value is -3.26. The van der Waals surface area contributed by atoms with Gasteiger partial charge in [-0.05, 0) is 90.3 Å². The minimum atomic E-state index is -2.55. The van der Waals surface area contributed by atoms with Gasteiger partial charge in [-0.25, -0.2) is 8.78 Å². The van der Waals surface area contributed by atoms with Crippen molar-refractivity contribution in [3.63, 3.8) is 0 Å². The molecule has 228 valence electrons. The Bertz CT molecular complexity index is 1520. The Morgan fingerprint density at radius 3 is 2.49 bits per heavy atom. The first-order valence-electron chi connectivity index (χ1n) is 14.9. The standard InChI is InChI=1S/C35H39ClF2N2O3/c1-23-18-33(31(36)19-28(23)20-40-16-13-32(40)34(41)42)43-21-27-10-7-12-30(25(27)3)29-11-6-9-26(24(29)2)8-4-5-15-39-17-14-35(37,38)22-39/h4,6-12,18-19,32H,5,13-17,20-22H2,1-3H3,(H,41,42)/b8-4+/t32-/m0/s1. The second-order valence-corrected chi connectivity index (χ2v) is 12.2. The highest BCUT2D eigenvalue weighted by atomic mass is 35.5. The van der Waals surface area contributed by atoms with E-state index in [0.717, 1.165) is 57.5 Å². The van der Waals surface area contributed by atoms with Crippen LogP contribution < -0.4 is 4.74 Å². The maximum Gasteiger partial charge on any atom is 0.320 e. The first-order valence-corrected chi connectivity index (χ1v) is 15.2. The van der Waals surface area contributed by atoms with Crippen molar-refractivity contribution in [3.05, 3.63) is 93.0 Å². The molecule has 5 nitrogen and oxygen atoms in total. The number of benzene rings is 3. The van der Waals surface area contributed by atoms with Crippen molar-refractivity contribution in [2.75, 3.05) is 26.2 Å². The average Bonchev–Trinajstić information content (AvgIpc) is 3.29. The summed E-state index contributed by atoms with van der Waals surface area (Å²) < 4.78 is 33.1. The molecule has 3 aromatic carbocycles. The van der Waals surface area contributed by atoms with E-state index in [1.807, 2.05) is 34.9 Å². The van der Waals surface area contributed by atoms with Crippen LogP contribution in [0.4, 0.5) is 8.78 Å². The van der Waals surface area contributed by atoms with Gasteiger partial charge in [0.05, 0.1) is 11.6 Å². The minimum Gasteiger partial charge on any atom is -0.487 e. The second kappa shape index (κ2) is 13.2. The number of alkyl halides is 2. The summed E-state index contributed by atoms with van der Waals surface area (Å²) in [6, 6.07) is 15.9. The van der Waals surface area contributed by atoms with Crippen LogP contribution in [-0.4, -0.2) is 59.0 Å². The van der Waals surface area contributed by atoms with Gasteiger partial charge < -0.3 is 9.84 Å². The normalized spacial score (nSPS) is 18.7. The largest absolute Gasteiger partial charge is 0.487 e. The third-order valence-corrected chi connectivity index (χ3v) is 9.13. The van der Waals surface area contributed by atoms with Crippen molar-refractivity contribution in [1.82, 2.24) is 9.80 Å². The van der Waals surface area contributed by atoms with Gasteiger partial charge in [-0.2, -0.15) is 0 Å². The van der Waals surface area contributed by atoms with Crippen molar-refractivity contribution in [2.24, 2.45) is 0 Å². The molecule has 2 aliphatic heterocycles. The average molecular weight is 609 g/mol. The summed E-state index contributed by atoms with van der Waals surface area (Å²) in [7, 11) is 0. The molecule has 0 radical (unpaired) electrons. The van der Waals surface area contributed by atoms with E-state index in [4.69, 9.17) is 16.3 Å². The van der Waals surface area contributed by atoms with Crippen LogP contribution in [0.3, 0.4) is 0 Å². The third kappa shape index (κ3) is 7.28. The molecule has 1 N–H and O–H groups in total. The van der Waals surface area contributed by atoms with Gasteiger partial charge in [-0.1, -0.05) is 60.2 Å². The van der Waals surface area contributed by atoms with E-state index < -0.39 is 17.9 Å². The fraction of sp³-hybridized carbons (Fsp3) is 0.400. The number of aryl methyl sites for hydroxylation is 1. The molecule has 2 fully saturated rings. The van der Waals surface area contributed by atoms with E-state index in [9.17, 15) is 18.7 Å². The lowest BCUT2D eigenvalue weighted by Gasteiger charge is -2.38. The number of aliphatic carboxylic acids is 1. The molecule has 43 heavy (non-hydrogen) atoms. The van der Waals surface area contributed by atoms with Gasteiger partial charge in [0.2, 0.25) is 0 Å². The first kappa shape index (κ1) is 31.2. The van der Waals surface area contributed by atoms with Crippen molar-refractivity contribution in [1.29, 1.82) is 0 Å². The van der Waals surface area contributed by atoms with Crippen LogP contribution in [0, 0.1) is 20.8 Å². The Morgan fingerprint density at radius 1 is 1.07 bits per heavy atom. The Morgan fingerprint density at radius 2 is 1.81 bits per heavy atom. The fourth-order valence-corrected chi connectivity index (χ4v) is 6.22. The maximum absolute atomic E-state index is 13.5. The number of rotatable bonds is 11. The summed E-state index contributed by atoms with van der Waals surface area (Å²) in [5, 5.41) is 9.86. The molecule has 1 atom stereocenters. The van der Waals surface area contributed by atoms with Crippen LogP contribution in [0.2, 0.25) is 5.02 Å². The Kier molecular flexibility index (Phi) is 9.54. The van der Waals surface area contributed by atoms with Gasteiger partial charge in [0.15, 0.2) is 0 Å². The monoisotopic (exact) mass is 608 g/mol.